The molecule has 1 amide bonds. The van der Waals surface area contributed by atoms with Gasteiger partial charge in [-0.05, 0) is 18.2 Å². The molecule has 0 spiro atoms. The van der Waals surface area contributed by atoms with Crippen LogP contribution in [0.5, 0.6) is 5.75 Å². The normalized spacial score (nSPS) is 15.1. The number of hydrogen-bond acceptors (Lipinski definition) is 5. The van der Waals surface area contributed by atoms with E-state index in [0.717, 1.165) is 6.07 Å². The number of benzene rings is 1. The van der Waals surface area contributed by atoms with Crippen LogP contribution in [-0.4, -0.2) is 39.9 Å². The van der Waals surface area contributed by atoms with E-state index < -0.39 is 34.9 Å². The Morgan fingerprint density at radius 1 is 1.43 bits per heavy atom. The van der Waals surface area contributed by atoms with Gasteiger partial charge in [0, 0.05) is 0 Å². The summed E-state index contributed by atoms with van der Waals surface area (Å²) in [6.45, 7) is -2.24. The van der Waals surface area contributed by atoms with Crippen molar-refractivity contribution in [3.63, 3.8) is 0 Å². The summed E-state index contributed by atoms with van der Waals surface area (Å²) in [5.74, 6) is -3.46. The maximum Gasteiger partial charge on any atom is 0.273 e. The van der Waals surface area contributed by atoms with Crippen molar-refractivity contribution in [1.29, 1.82) is 0 Å². The van der Waals surface area contributed by atoms with E-state index in [9.17, 15) is 22.0 Å². The summed E-state index contributed by atoms with van der Waals surface area (Å²) in [4.78, 5) is 10.9. The van der Waals surface area contributed by atoms with Gasteiger partial charge in [-0.25, -0.2) is 21.9 Å². The van der Waals surface area contributed by atoms with Gasteiger partial charge in [0.1, 0.15) is 5.75 Å². The Bertz CT molecular complexity index is 663. The van der Waals surface area contributed by atoms with Crippen LogP contribution in [0, 0.1) is 0 Å². The average molecular weight is 321 g/mol. The number of carbonyl (C=O) groups is 1. The molecule has 0 saturated carbocycles. The van der Waals surface area contributed by atoms with E-state index in [0.29, 0.717) is 5.75 Å². The maximum atomic E-state index is 13.0. The molecular weight excluding hydrogens is 308 g/mol. The fraction of sp³-hybridized carbons (Fsp3) is 0.364. The highest BCUT2D eigenvalue weighted by Crippen LogP contribution is 2.30. The molecule has 4 N–H and O–H groups in total. The van der Waals surface area contributed by atoms with Crippen LogP contribution in [0.2, 0.25) is 0 Å². The average Bonchev–Trinajstić information content (AvgIpc) is 2.44. The van der Waals surface area contributed by atoms with Crippen LogP contribution in [0.15, 0.2) is 23.1 Å². The summed E-state index contributed by atoms with van der Waals surface area (Å²) >= 11 is 0. The van der Waals surface area contributed by atoms with Crippen LogP contribution in [-0.2, 0) is 14.8 Å². The number of nitrogens with two attached hydrogens (primary N) is 1. The van der Waals surface area contributed by atoms with Crippen molar-refractivity contribution in [3.8, 4) is 5.75 Å². The summed E-state index contributed by atoms with van der Waals surface area (Å²) < 4.78 is 56.7. The van der Waals surface area contributed by atoms with Crippen molar-refractivity contribution in [2.24, 2.45) is 5.73 Å². The number of nitrogens with one attached hydrogen (secondary N) is 2. The fourth-order valence-corrected chi connectivity index (χ4v) is 2.67. The van der Waals surface area contributed by atoms with Crippen LogP contribution >= 0.6 is 0 Å². The predicted octanol–water partition coefficient (Wildman–Crippen LogP) is -0.110. The van der Waals surface area contributed by atoms with E-state index in [1.807, 2.05) is 0 Å². The Morgan fingerprint density at radius 3 is 2.81 bits per heavy atom. The number of halogens is 2. The van der Waals surface area contributed by atoms with Gasteiger partial charge in [0.25, 0.3) is 11.8 Å². The summed E-state index contributed by atoms with van der Waals surface area (Å²) in [5.41, 5.74) is 5.00. The van der Waals surface area contributed by atoms with Crippen LogP contribution in [0.25, 0.3) is 0 Å². The molecule has 0 bridgehead atoms. The molecule has 0 saturated heterocycles. The predicted molar refractivity (Wildman–Crippen MR) is 69.8 cm³/mol. The number of fused-ring (bicyclic) bond motifs is 1. The van der Waals surface area contributed by atoms with Gasteiger partial charge in [-0.2, -0.15) is 0 Å². The minimum atomic E-state index is -4.15. The van der Waals surface area contributed by atoms with E-state index >= 15 is 0 Å². The number of sulfonamides is 1. The molecule has 1 aliphatic heterocycles. The molecule has 1 aliphatic rings. The molecule has 0 unspecified atom stereocenters. The molecular formula is C11H13F2N3O4S. The molecule has 21 heavy (non-hydrogen) atoms. The first-order valence-electron chi connectivity index (χ1n) is 5.88. The van der Waals surface area contributed by atoms with Crippen molar-refractivity contribution in [3.05, 3.63) is 18.2 Å². The molecule has 116 valence electrons. The molecule has 1 aromatic rings. The topological polar surface area (TPSA) is 111 Å². The second kappa shape index (κ2) is 5.54. The zero-order valence-electron chi connectivity index (χ0n) is 10.7. The largest absolute Gasteiger partial charge is 0.482 e. The Labute approximate surface area is 119 Å². The number of alkyl halides is 2. The monoisotopic (exact) mass is 321 g/mol. The third-order valence-electron chi connectivity index (χ3n) is 2.71. The molecule has 1 aromatic carbocycles. The number of amides is 1. The first-order chi connectivity index (χ1) is 9.73. The van der Waals surface area contributed by atoms with E-state index in [1.165, 1.54) is 12.1 Å². The highest BCUT2D eigenvalue weighted by molar-refractivity contribution is 7.89. The summed E-state index contributed by atoms with van der Waals surface area (Å²) in [5, 5.41) is 2.43. The standard InChI is InChI=1S/C11H13F2N3O4S/c12-11(13,5-14)6-15-21(18,19)7-1-2-9-8(3-7)16-10(17)4-20-9/h1-3,15H,4-6,14H2,(H,16,17). The third-order valence-corrected chi connectivity index (χ3v) is 4.11. The van der Waals surface area contributed by atoms with E-state index in [4.69, 9.17) is 10.5 Å². The molecule has 0 fully saturated rings. The number of hydrogen-bond donors (Lipinski definition) is 3. The Hall–Kier alpha value is -1.78. The second-order valence-electron chi connectivity index (χ2n) is 4.38. The van der Waals surface area contributed by atoms with Crippen LogP contribution < -0.4 is 20.5 Å². The molecule has 0 aliphatic carbocycles. The van der Waals surface area contributed by atoms with Gasteiger partial charge in [-0.3, -0.25) is 4.79 Å². The highest BCUT2D eigenvalue weighted by atomic mass is 32.2. The molecule has 7 nitrogen and oxygen atoms in total. The zero-order chi connectivity index (χ0) is 15.7. The van der Waals surface area contributed by atoms with Crippen molar-refractivity contribution in [2.75, 3.05) is 25.0 Å². The SMILES string of the molecule is NCC(F)(F)CNS(=O)(=O)c1ccc2c(c1)NC(=O)CO2. The second-order valence-corrected chi connectivity index (χ2v) is 6.15. The number of anilines is 1. The summed E-state index contributed by atoms with van der Waals surface area (Å²) in [7, 11) is -4.15. The number of rotatable bonds is 5. The van der Waals surface area contributed by atoms with Crippen molar-refractivity contribution in [2.45, 2.75) is 10.8 Å². The first kappa shape index (κ1) is 15.6. The van der Waals surface area contributed by atoms with Gasteiger partial charge in [0.05, 0.1) is 23.7 Å². The quantitative estimate of drug-likeness (QED) is 0.701. The Kier molecular flexibility index (Phi) is 4.12. The Morgan fingerprint density at radius 2 is 2.14 bits per heavy atom. The minimum Gasteiger partial charge on any atom is -0.482 e. The van der Waals surface area contributed by atoms with Crippen LogP contribution in [0.3, 0.4) is 0 Å². The number of ether oxygens (including phenoxy) is 1. The lowest BCUT2D eigenvalue weighted by atomic mass is 10.2. The lowest BCUT2D eigenvalue weighted by Gasteiger charge is -2.19. The molecule has 0 atom stereocenters. The van der Waals surface area contributed by atoms with E-state index in [1.54, 1.807) is 4.72 Å². The van der Waals surface area contributed by atoms with Gasteiger partial charge < -0.3 is 15.8 Å². The summed E-state index contributed by atoms with van der Waals surface area (Å²) in [6, 6.07) is 3.67. The van der Waals surface area contributed by atoms with Crippen LogP contribution in [0.1, 0.15) is 0 Å². The van der Waals surface area contributed by atoms with Gasteiger partial charge in [0.15, 0.2) is 6.61 Å². The van der Waals surface area contributed by atoms with Crippen molar-refractivity contribution < 1.29 is 26.7 Å². The van der Waals surface area contributed by atoms with Crippen molar-refractivity contribution in [1.82, 2.24) is 4.72 Å². The lowest BCUT2D eigenvalue weighted by Crippen LogP contribution is -2.41. The van der Waals surface area contributed by atoms with E-state index in [-0.39, 0.29) is 17.2 Å². The van der Waals surface area contributed by atoms with Crippen LogP contribution in [0.4, 0.5) is 14.5 Å². The molecule has 0 aromatic heterocycles. The lowest BCUT2D eigenvalue weighted by molar-refractivity contribution is -0.118. The number of carbonyl (C=O) groups excluding carboxylic acids is 1. The molecule has 2 rings (SSSR count). The van der Waals surface area contributed by atoms with Gasteiger partial charge in [-0.1, -0.05) is 0 Å². The van der Waals surface area contributed by atoms with Gasteiger partial charge in [-0.15, -0.1) is 0 Å². The van der Waals surface area contributed by atoms with E-state index in [2.05, 4.69) is 5.32 Å². The zero-order valence-corrected chi connectivity index (χ0v) is 11.5. The molecule has 10 heteroatoms. The Balaban J connectivity index is 2.21. The molecule has 1 heterocycles. The third kappa shape index (κ3) is 3.65. The maximum absolute atomic E-state index is 13.0. The summed E-state index contributed by atoms with van der Waals surface area (Å²) in [6.07, 6.45) is 0. The minimum absolute atomic E-state index is 0.166. The van der Waals surface area contributed by atoms with Crippen molar-refractivity contribution >= 4 is 21.6 Å². The fourth-order valence-electron chi connectivity index (χ4n) is 1.59. The van der Waals surface area contributed by atoms with Gasteiger partial charge >= 0.3 is 0 Å². The smallest absolute Gasteiger partial charge is 0.273 e. The highest BCUT2D eigenvalue weighted by Gasteiger charge is 2.30. The first-order valence-corrected chi connectivity index (χ1v) is 7.36. The van der Waals surface area contributed by atoms with Gasteiger partial charge in [0.2, 0.25) is 10.0 Å². The molecule has 0 radical (unpaired) electrons.